The predicted molar refractivity (Wildman–Crippen MR) is 83.0 cm³/mol. The minimum absolute atomic E-state index is 0.514. The van der Waals surface area contributed by atoms with Crippen LogP contribution in [0.1, 0.15) is 30.8 Å². The molecule has 0 unspecified atom stereocenters. The SMILES string of the molecule is CCc1cccnc1Cn1c(N)nc2c(CC)nn(C)c21. The smallest absolute Gasteiger partial charge is 0.202 e. The number of hydrogen-bond acceptors (Lipinski definition) is 4. The monoisotopic (exact) mass is 284 g/mol. The van der Waals surface area contributed by atoms with Gasteiger partial charge in [0.15, 0.2) is 5.65 Å². The van der Waals surface area contributed by atoms with Crippen molar-refractivity contribution in [2.75, 3.05) is 5.73 Å². The average Bonchev–Trinajstić information content (AvgIpc) is 2.97. The molecule has 2 N–H and O–H groups in total. The summed E-state index contributed by atoms with van der Waals surface area (Å²) in [7, 11) is 1.93. The first-order valence-corrected chi connectivity index (χ1v) is 7.26. The standard InChI is InChI=1S/C15H20N6/c1-4-10-7-6-8-17-12(10)9-21-14-13(18-15(21)16)11(5-2)19-20(14)3/h6-8H,4-5,9H2,1-3H3,(H2,16,18). The molecule has 3 aromatic heterocycles. The minimum atomic E-state index is 0.514. The molecule has 0 aliphatic rings. The zero-order chi connectivity index (χ0) is 15.0. The number of hydrogen-bond donors (Lipinski definition) is 1. The Morgan fingerprint density at radius 3 is 2.71 bits per heavy atom. The van der Waals surface area contributed by atoms with E-state index in [-0.39, 0.29) is 0 Å². The van der Waals surface area contributed by atoms with Gasteiger partial charge >= 0.3 is 0 Å². The molecule has 0 fully saturated rings. The van der Waals surface area contributed by atoms with Gasteiger partial charge in [-0.1, -0.05) is 19.9 Å². The molecule has 0 aromatic carbocycles. The molecule has 3 aromatic rings. The van der Waals surface area contributed by atoms with Crippen molar-refractivity contribution in [3.8, 4) is 0 Å². The van der Waals surface area contributed by atoms with Crippen LogP contribution in [-0.2, 0) is 26.4 Å². The summed E-state index contributed by atoms with van der Waals surface area (Å²) < 4.78 is 3.84. The summed E-state index contributed by atoms with van der Waals surface area (Å²) in [5.41, 5.74) is 11.2. The Balaban J connectivity index is 2.12. The molecule has 0 aliphatic heterocycles. The maximum atomic E-state index is 6.11. The highest BCUT2D eigenvalue weighted by Crippen LogP contribution is 2.22. The Kier molecular flexibility index (Phi) is 3.37. The molecule has 6 heteroatoms. The van der Waals surface area contributed by atoms with E-state index in [0.717, 1.165) is 35.4 Å². The fourth-order valence-electron chi connectivity index (χ4n) is 2.74. The van der Waals surface area contributed by atoms with Crippen molar-refractivity contribution in [3.63, 3.8) is 0 Å². The van der Waals surface area contributed by atoms with Crippen molar-refractivity contribution >= 4 is 17.1 Å². The second kappa shape index (κ2) is 5.20. The molecule has 0 amide bonds. The van der Waals surface area contributed by atoms with Crippen LogP contribution in [0.4, 0.5) is 5.95 Å². The van der Waals surface area contributed by atoms with Crippen LogP contribution in [0.2, 0.25) is 0 Å². The van der Waals surface area contributed by atoms with E-state index in [1.165, 1.54) is 5.56 Å². The van der Waals surface area contributed by atoms with Crippen molar-refractivity contribution < 1.29 is 0 Å². The van der Waals surface area contributed by atoms with Crippen LogP contribution in [-0.4, -0.2) is 24.3 Å². The second-order valence-corrected chi connectivity index (χ2v) is 5.11. The third-order valence-electron chi connectivity index (χ3n) is 3.83. The van der Waals surface area contributed by atoms with E-state index in [4.69, 9.17) is 5.73 Å². The Morgan fingerprint density at radius 1 is 1.19 bits per heavy atom. The van der Waals surface area contributed by atoms with Crippen LogP contribution in [0.5, 0.6) is 0 Å². The zero-order valence-electron chi connectivity index (χ0n) is 12.7. The van der Waals surface area contributed by atoms with Crippen molar-refractivity contribution in [3.05, 3.63) is 35.3 Å². The molecule has 3 rings (SSSR count). The molecule has 110 valence electrons. The van der Waals surface area contributed by atoms with Gasteiger partial charge in [-0.15, -0.1) is 0 Å². The van der Waals surface area contributed by atoms with Gasteiger partial charge in [0, 0.05) is 13.2 Å². The highest BCUT2D eigenvalue weighted by atomic mass is 15.3. The Morgan fingerprint density at radius 2 is 2.00 bits per heavy atom. The first-order valence-electron chi connectivity index (χ1n) is 7.26. The zero-order valence-corrected chi connectivity index (χ0v) is 12.7. The molecule has 0 atom stereocenters. The number of rotatable bonds is 4. The first kappa shape index (κ1) is 13.6. The van der Waals surface area contributed by atoms with Crippen molar-refractivity contribution in [2.45, 2.75) is 33.2 Å². The molecule has 0 aliphatic carbocycles. The number of nitrogens with zero attached hydrogens (tertiary/aromatic N) is 5. The van der Waals surface area contributed by atoms with Gasteiger partial charge in [0.2, 0.25) is 5.95 Å². The lowest BCUT2D eigenvalue weighted by Crippen LogP contribution is -2.10. The summed E-state index contributed by atoms with van der Waals surface area (Å²) in [4.78, 5) is 8.98. The van der Waals surface area contributed by atoms with E-state index in [0.29, 0.717) is 12.5 Å². The van der Waals surface area contributed by atoms with Crippen LogP contribution in [0.3, 0.4) is 0 Å². The van der Waals surface area contributed by atoms with Gasteiger partial charge in [0.05, 0.1) is 17.9 Å². The highest BCUT2D eigenvalue weighted by Gasteiger charge is 2.18. The molecule has 6 nitrogen and oxygen atoms in total. The van der Waals surface area contributed by atoms with Crippen LogP contribution in [0.15, 0.2) is 18.3 Å². The normalized spacial score (nSPS) is 11.4. The fourth-order valence-corrected chi connectivity index (χ4v) is 2.74. The largest absolute Gasteiger partial charge is 0.369 e. The molecular weight excluding hydrogens is 264 g/mol. The van der Waals surface area contributed by atoms with E-state index in [1.54, 1.807) is 0 Å². The van der Waals surface area contributed by atoms with Crippen molar-refractivity contribution in [1.82, 2.24) is 24.3 Å². The lowest BCUT2D eigenvalue weighted by Gasteiger charge is -2.09. The number of pyridine rings is 1. The van der Waals surface area contributed by atoms with Gasteiger partial charge in [-0.3, -0.25) is 14.2 Å². The number of nitrogens with two attached hydrogens (primary N) is 1. The van der Waals surface area contributed by atoms with Gasteiger partial charge in [-0.2, -0.15) is 5.10 Å². The maximum absolute atomic E-state index is 6.11. The van der Waals surface area contributed by atoms with Crippen LogP contribution < -0.4 is 5.73 Å². The summed E-state index contributed by atoms with van der Waals surface area (Å²) in [5, 5.41) is 4.51. The summed E-state index contributed by atoms with van der Waals surface area (Å²) in [6.07, 6.45) is 3.61. The summed E-state index contributed by atoms with van der Waals surface area (Å²) in [6.45, 7) is 4.83. The Hall–Kier alpha value is -2.37. The molecule has 21 heavy (non-hydrogen) atoms. The van der Waals surface area contributed by atoms with Crippen molar-refractivity contribution in [2.24, 2.45) is 7.05 Å². The van der Waals surface area contributed by atoms with Crippen molar-refractivity contribution in [1.29, 1.82) is 0 Å². The number of anilines is 1. The molecule has 0 bridgehead atoms. The molecule has 0 spiro atoms. The van der Waals surface area contributed by atoms with Crippen LogP contribution in [0.25, 0.3) is 11.2 Å². The topological polar surface area (TPSA) is 74.6 Å². The summed E-state index contributed by atoms with van der Waals surface area (Å²) in [6, 6.07) is 4.07. The van der Waals surface area contributed by atoms with E-state index >= 15 is 0 Å². The molecule has 0 saturated carbocycles. The van der Waals surface area contributed by atoms with E-state index in [9.17, 15) is 0 Å². The fraction of sp³-hybridized carbons (Fsp3) is 0.400. The van der Waals surface area contributed by atoms with Gasteiger partial charge in [0.1, 0.15) is 5.52 Å². The number of fused-ring (bicyclic) bond motifs is 1. The third kappa shape index (κ3) is 2.16. The molecule has 0 saturated heterocycles. The maximum Gasteiger partial charge on any atom is 0.202 e. The lowest BCUT2D eigenvalue weighted by atomic mass is 10.1. The first-order chi connectivity index (χ1) is 10.2. The molecular formula is C15H20N6. The predicted octanol–water partition coefficient (Wildman–Crippen LogP) is 1.92. The van der Waals surface area contributed by atoms with E-state index in [1.807, 2.05) is 28.6 Å². The average molecular weight is 284 g/mol. The van der Waals surface area contributed by atoms with Crippen LogP contribution in [0, 0.1) is 0 Å². The second-order valence-electron chi connectivity index (χ2n) is 5.11. The Bertz CT molecular complexity index is 783. The van der Waals surface area contributed by atoms with E-state index < -0.39 is 0 Å². The number of nitrogen functional groups attached to an aromatic ring is 1. The Labute approximate surface area is 123 Å². The number of aromatic nitrogens is 5. The number of aryl methyl sites for hydroxylation is 3. The number of imidazole rings is 1. The lowest BCUT2D eigenvalue weighted by molar-refractivity contribution is 0.709. The van der Waals surface area contributed by atoms with Gasteiger partial charge < -0.3 is 5.73 Å². The quantitative estimate of drug-likeness (QED) is 0.794. The van der Waals surface area contributed by atoms with Crippen LogP contribution >= 0.6 is 0 Å². The third-order valence-corrected chi connectivity index (χ3v) is 3.83. The van der Waals surface area contributed by atoms with Gasteiger partial charge in [-0.25, -0.2) is 4.98 Å². The summed E-state index contributed by atoms with van der Waals surface area (Å²) in [5.74, 6) is 0.514. The molecule has 0 radical (unpaired) electrons. The minimum Gasteiger partial charge on any atom is -0.369 e. The van der Waals surface area contributed by atoms with Gasteiger partial charge in [-0.05, 0) is 24.5 Å². The highest BCUT2D eigenvalue weighted by molar-refractivity contribution is 5.77. The summed E-state index contributed by atoms with van der Waals surface area (Å²) >= 11 is 0. The van der Waals surface area contributed by atoms with E-state index in [2.05, 4.69) is 35.0 Å². The van der Waals surface area contributed by atoms with Gasteiger partial charge in [0.25, 0.3) is 0 Å². The molecule has 3 heterocycles.